The third-order valence-corrected chi connectivity index (χ3v) is 2.01. The summed E-state index contributed by atoms with van der Waals surface area (Å²) in [5.74, 6) is 0.902. The van der Waals surface area contributed by atoms with Crippen molar-refractivity contribution >= 4 is 0 Å². The van der Waals surface area contributed by atoms with Gasteiger partial charge in [0.15, 0.2) is 0 Å². The predicted molar refractivity (Wildman–Crippen MR) is 53.6 cm³/mol. The molecule has 15 heavy (non-hydrogen) atoms. The van der Waals surface area contributed by atoms with Crippen LogP contribution in [0.15, 0.2) is 24.9 Å². The summed E-state index contributed by atoms with van der Waals surface area (Å²) in [5.41, 5.74) is 0.916. The Morgan fingerprint density at radius 1 is 1.33 bits per heavy atom. The molecule has 0 aliphatic heterocycles. The van der Waals surface area contributed by atoms with Gasteiger partial charge >= 0.3 is 0 Å². The second-order valence-corrected chi connectivity index (χ2v) is 3.16. The van der Waals surface area contributed by atoms with Gasteiger partial charge < -0.3 is 9.88 Å². The highest BCUT2D eigenvalue weighted by molar-refractivity contribution is 4.94. The first-order valence-electron chi connectivity index (χ1n) is 4.65. The molecule has 0 aliphatic carbocycles. The minimum atomic E-state index is 0.674. The van der Waals surface area contributed by atoms with Crippen LogP contribution in [0.1, 0.15) is 11.5 Å². The van der Waals surface area contributed by atoms with Gasteiger partial charge in [-0.2, -0.15) is 0 Å². The Morgan fingerprint density at radius 2 is 2.27 bits per heavy atom. The van der Waals surface area contributed by atoms with Crippen molar-refractivity contribution in [2.75, 3.05) is 0 Å². The average Bonchev–Trinajstić information content (AvgIpc) is 2.66. The van der Waals surface area contributed by atoms with Gasteiger partial charge in [0.2, 0.25) is 0 Å². The Kier molecular flexibility index (Phi) is 2.99. The Balaban J connectivity index is 1.83. The molecular weight excluding hydrogens is 192 g/mol. The molecule has 0 saturated heterocycles. The van der Waals surface area contributed by atoms with E-state index < -0.39 is 0 Å². The fourth-order valence-corrected chi connectivity index (χ4v) is 1.19. The largest absolute Gasteiger partial charge is 0.320 e. The molecular formula is C9H12N6. The summed E-state index contributed by atoms with van der Waals surface area (Å²) >= 11 is 0. The number of aromatic nitrogens is 5. The summed E-state index contributed by atoms with van der Waals surface area (Å²) in [7, 11) is 1.92. The van der Waals surface area contributed by atoms with E-state index in [0.29, 0.717) is 13.1 Å². The number of aryl methyl sites for hydroxylation is 1. The lowest BCUT2D eigenvalue weighted by atomic mass is 10.4. The van der Waals surface area contributed by atoms with Crippen LogP contribution in [0.5, 0.6) is 0 Å². The van der Waals surface area contributed by atoms with Crippen LogP contribution >= 0.6 is 0 Å². The van der Waals surface area contributed by atoms with E-state index in [2.05, 4.69) is 25.5 Å². The average molecular weight is 204 g/mol. The van der Waals surface area contributed by atoms with Gasteiger partial charge in [0.05, 0.1) is 12.2 Å². The first-order chi connectivity index (χ1) is 7.36. The van der Waals surface area contributed by atoms with Gasteiger partial charge in [-0.3, -0.25) is 9.97 Å². The van der Waals surface area contributed by atoms with E-state index in [1.165, 1.54) is 0 Å². The molecule has 0 atom stereocenters. The molecule has 78 valence electrons. The van der Waals surface area contributed by atoms with E-state index in [9.17, 15) is 0 Å². The van der Waals surface area contributed by atoms with Crippen LogP contribution in [-0.2, 0) is 20.1 Å². The van der Waals surface area contributed by atoms with Crippen LogP contribution in [-0.4, -0.2) is 24.7 Å². The summed E-state index contributed by atoms with van der Waals surface area (Å²) in [6, 6.07) is 0. The highest BCUT2D eigenvalue weighted by atomic mass is 15.3. The zero-order valence-corrected chi connectivity index (χ0v) is 8.46. The third kappa shape index (κ3) is 2.57. The van der Waals surface area contributed by atoms with Crippen molar-refractivity contribution < 1.29 is 0 Å². The molecule has 0 aliphatic rings. The van der Waals surface area contributed by atoms with E-state index in [4.69, 9.17) is 0 Å². The van der Waals surface area contributed by atoms with Gasteiger partial charge in [-0.05, 0) is 0 Å². The van der Waals surface area contributed by atoms with Crippen molar-refractivity contribution in [2.45, 2.75) is 13.1 Å². The van der Waals surface area contributed by atoms with Crippen molar-refractivity contribution in [2.24, 2.45) is 7.05 Å². The topological polar surface area (TPSA) is 68.5 Å². The zero-order chi connectivity index (χ0) is 10.5. The molecule has 1 N–H and O–H groups in total. The molecule has 2 heterocycles. The van der Waals surface area contributed by atoms with E-state index in [-0.39, 0.29) is 0 Å². The number of nitrogens with one attached hydrogen (secondary N) is 1. The molecule has 0 unspecified atom stereocenters. The fraction of sp³-hybridized carbons (Fsp3) is 0.333. The fourth-order valence-electron chi connectivity index (χ4n) is 1.19. The van der Waals surface area contributed by atoms with Crippen molar-refractivity contribution in [3.05, 3.63) is 36.4 Å². The molecule has 0 radical (unpaired) electrons. The van der Waals surface area contributed by atoms with E-state index >= 15 is 0 Å². The molecule has 0 amide bonds. The van der Waals surface area contributed by atoms with Crippen LogP contribution < -0.4 is 5.32 Å². The zero-order valence-electron chi connectivity index (χ0n) is 8.46. The lowest BCUT2D eigenvalue weighted by molar-refractivity contribution is 0.627. The molecule has 6 heteroatoms. The Morgan fingerprint density at radius 3 is 2.93 bits per heavy atom. The van der Waals surface area contributed by atoms with Crippen LogP contribution in [0, 0.1) is 0 Å². The van der Waals surface area contributed by atoms with E-state index in [0.717, 1.165) is 11.5 Å². The van der Waals surface area contributed by atoms with Crippen LogP contribution in [0.2, 0.25) is 0 Å². The number of hydrogen-bond donors (Lipinski definition) is 1. The second-order valence-electron chi connectivity index (χ2n) is 3.16. The maximum Gasteiger partial charge on any atom is 0.146 e. The highest BCUT2D eigenvalue weighted by Crippen LogP contribution is 1.93. The Hall–Kier alpha value is -1.82. The number of nitrogens with zero attached hydrogens (tertiary/aromatic N) is 5. The van der Waals surface area contributed by atoms with E-state index in [1.807, 2.05) is 11.6 Å². The third-order valence-electron chi connectivity index (χ3n) is 2.01. The Bertz CT molecular complexity index is 410. The van der Waals surface area contributed by atoms with E-state index in [1.54, 1.807) is 24.9 Å². The maximum atomic E-state index is 4.15. The molecule has 0 aromatic carbocycles. The Labute approximate surface area is 87.4 Å². The number of rotatable bonds is 4. The van der Waals surface area contributed by atoms with Crippen molar-refractivity contribution in [3.8, 4) is 0 Å². The lowest BCUT2D eigenvalue weighted by Crippen LogP contribution is -2.16. The van der Waals surface area contributed by atoms with Gasteiger partial charge in [-0.25, -0.2) is 0 Å². The molecule has 2 aromatic rings. The van der Waals surface area contributed by atoms with Crippen LogP contribution in [0.4, 0.5) is 0 Å². The van der Waals surface area contributed by atoms with Gasteiger partial charge in [0.25, 0.3) is 0 Å². The van der Waals surface area contributed by atoms with Gasteiger partial charge in [0.1, 0.15) is 12.2 Å². The molecule has 0 saturated carbocycles. The summed E-state index contributed by atoms with van der Waals surface area (Å²) in [4.78, 5) is 8.13. The van der Waals surface area contributed by atoms with Gasteiger partial charge in [-0.1, -0.05) is 0 Å². The van der Waals surface area contributed by atoms with Crippen molar-refractivity contribution in [1.29, 1.82) is 0 Å². The van der Waals surface area contributed by atoms with Crippen molar-refractivity contribution in [3.63, 3.8) is 0 Å². The predicted octanol–water partition coefficient (Wildman–Crippen LogP) is -0.105. The van der Waals surface area contributed by atoms with Crippen LogP contribution in [0.3, 0.4) is 0 Å². The highest BCUT2D eigenvalue weighted by Gasteiger charge is 1.99. The minimum absolute atomic E-state index is 0.674. The molecule has 2 aromatic heterocycles. The monoisotopic (exact) mass is 204 g/mol. The summed E-state index contributed by atoms with van der Waals surface area (Å²) in [5, 5.41) is 11.0. The molecule has 0 bridgehead atoms. The smallest absolute Gasteiger partial charge is 0.146 e. The second kappa shape index (κ2) is 4.61. The molecule has 6 nitrogen and oxygen atoms in total. The lowest BCUT2D eigenvalue weighted by Gasteiger charge is -2.02. The maximum absolute atomic E-state index is 4.15. The summed E-state index contributed by atoms with van der Waals surface area (Å²) in [6.45, 7) is 1.35. The van der Waals surface area contributed by atoms with Gasteiger partial charge in [-0.15, -0.1) is 10.2 Å². The molecule has 0 spiro atoms. The van der Waals surface area contributed by atoms with Crippen molar-refractivity contribution in [1.82, 2.24) is 30.0 Å². The SMILES string of the molecule is Cn1cnnc1CNCc1cnccn1. The van der Waals surface area contributed by atoms with Gasteiger partial charge in [0, 0.05) is 32.2 Å². The quantitative estimate of drug-likeness (QED) is 0.753. The summed E-state index contributed by atoms with van der Waals surface area (Å²) < 4.78 is 1.88. The standard InChI is InChI=1S/C9H12N6/c1-15-7-13-14-9(15)6-11-5-8-4-10-2-3-12-8/h2-4,7,11H,5-6H2,1H3. The minimum Gasteiger partial charge on any atom is -0.320 e. The first-order valence-corrected chi connectivity index (χ1v) is 4.65. The number of hydrogen-bond acceptors (Lipinski definition) is 5. The molecule has 2 rings (SSSR count). The first kappa shape index (κ1) is 9.72. The summed E-state index contributed by atoms with van der Waals surface area (Å²) in [6.07, 6.45) is 6.76. The van der Waals surface area contributed by atoms with Crippen LogP contribution in [0.25, 0.3) is 0 Å². The molecule has 0 fully saturated rings. The normalized spacial score (nSPS) is 10.5.